The molecule has 1 amide bonds. The first-order valence-electron chi connectivity index (χ1n) is 7.57. The number of thioether (sulfide) groups is 1. The lowest BCUT2D eigenvalue weighted by Crippen LogP contribution is -2.37. The van der Waals surface area contributed by atoms with Crippen molar-refractivity contribution < 1.29 is 9.59 Å². The molecular weight excluding hydrogens is 326 g/mol. The van der Waals surface area contributed by atoms with E-state index in [4.69, 9.17) is 0 Å². The second kappa shape index (κ2) is 6.60. The summed E-state index contributed by atoms with van der Waals surface area (Å²) in [5.41, 5.74) is 1.59. The monoisotopic (exact) mass is 343 g/mol. The predicted molar refractivity (Wildman–Crippen MR) is 92.5 cm³/mol. The molecule has 3 rings (SSSR count). The van der Waals surface area contributed by atoms with Gasteiger partial charge >= 0.3 is 0 Å². The highest BCUT2D eigenvalue weighted by molar-refractivity contribution is 7.99. The number of hydrogen-bond acceptors (Lipinski definition) is 5. The lowest BCUT2D eigenvalue weighted by atomic mass is 10.1. The molecule has 1 N–H and O–H groups in total. The van der Waals surface area contributed by atoms with E-state index in [1.807, 2.05) is 0 Å². The number of hydrogen-bond donors (Lipinski definition) is 1. The van der Waals surface area contributed by atoms with Crippen molar-refractivity contribution in [3.8, 4) is 0 Å². The van der Waals surface area contributed by atoms with Crippen LogP contribution in [0.25, 0.3) is 0 Å². The van der Waals surface area contributed by atoms with Crippen LogP contribution in [0.15, 0.2) is 40.4 Å². The quantitative estimate of drug-likeness (QED) is 0.682. The van der Waals surface area contributed by atoms with Gasteiger partial charge in [-0.25, -0.2) is 4.98 Å². The third kappa shape index (κ3) is 3.26. The van der Waals surface area contributed by atoms with Gasteiger partial charge in [-0.2, -0.15) is 0 Å². The number of fused-ring (bicyclic) bond motifs is 1. The molecule has 0 spiro atoms. The third-order valence-electron chi connectivity index (χ3n) is 3.91. The Morgan fingerprint density at radius 3 is 2.92 bits per heavy atom. The van der Waals surface area contributed by atoms with Crippen LogP contribution in [-0.2, 0) is 11.3 Å². The van der Waals surface area contributed by atoms with E-state index in [1.165, 1.54) is 18.7 Å². The lowest BCUT2D eigenvalue weighted by Gasteiger charge is -2.24. The smallest absolute Gasteiger partial charge is 0.257 e. The van der Waals surface area contributed by atoms with E-state index in [0.717, 1.165) is 0 Å². The molecule has 1 aliphatic rings. The van der Waals surface area contributed by atoms with Gasteiger partial charge in [0.05, 0.1) is 5.92 Å². The molecule has 0 saturated carbocycles. The first-order chi connectivity index (χ1) is 11.5. The summed E-state index contributed by atoms with van der Waals surface area (Å²) in [6, 6.07) is 6.84. The number of benzene rings is 1. The summed E-state index contributed by atoms with van der Waals surface area (Å²) in [5.74, 6) is 0.0154. The second-order valence-electron chi connectivity index (χ2n) is 5.77. The highest BCUT2D eigenvalue weighted by Crippen LogP contribution is 2.26. The number of amides is 1. The Kier molecular flexibility index (Phi) is 4.53. The fraction of sp³-hybridized carbons (Fsp3) is 0.294. The summed E-state index contributed by atoms with van der Waals surface area (Å²) in [6.45, 7) is 3.51. The van der Waals surface area contributed by atoms with Crippen LogP contribution in [0.5, 0.6) is 0 Å². The number of Topliss-reactive ketones (excluding diaryl/α,β-unsaturated/α-hetero) is 1. The van der Waals surface area contributed by atoms with Crippen LogP contribution in [0, 0.1) is 12.8 Å². The molecular formula is C17H17N3O3S. The average Bonchev–Trinajstić information content (AvgIpc) is 2.58. The minimum atomic E-state index is -0.329. The molecule has 0 fully saturated rings. The third-order valence-corrected chi connectivity index (χ3v) is 5.06. The van der Waals surface area contributed by atoms with Crippen molar-refractivity contribution >= 4 is 29.1 Å². The zero-order chi connectivity index (χ0) is 17.3. The molecule has 0 aliphatic carbocycles. The first kappa shape index (κ1) is 16.4. The standard InChI is InChI=1S/C17H17N3O3S/c1-10-7-18-17-20(16(10)23)8-13(9-24-17)15(22)19-14-5-3-4-12(6-14)11(2)21/h3-7,13H,8-9H2,1-2H3,(H,19,22). The highest BCUT2D eigenvalue weighted by Gasteiger charge is 2.27. The summed E-state index contributed by atoms with van der Waals surface area (Å²) in [4.78, 5) is 40.4. The van der Waals surface area contributed by atoms with Crippen LogP contribution in [0.2, 0.25) is 0 Å². The maximum absolute atomic E-state index is 12.5. The van der Waals surface area contributed by atoms with Gasteiger partial charge in [0, 0.05) is 35.3 Å². The molecule has 0 saturated heterocycles. The van der Waals surface area contributed by atoms with Crippen LogP contribution in [0.1, 0.15) is 22.8 Å². The van der Waals surface area contributed by atoms with Crippen molar-refractivity contribution in [2.45, 2.75) is 25.5 Å². The molecule has 1 atom stereocenters. The molecule has 6 nitrogen and oxygen atoms in total. The molecule has 0 radical (unpaired) electrons. The number of carbonyl (C=O) groups is 2. The predicted octanol–water partition coefficient (Wildman–Crippen LogP) is 2.11. The second-order valence-corrected chi connectivity index (χ2v) is 6.76. The van der Waals surface area contributed by atoms with E-state index in [0.29, 0.717) is 34.3 Å². The van der Waals surface area contributed by atoms with Gasteiger partial charge in [0.2, 0.25) is 5.91 Å². The van der Waals surface area contributed by atoms with Crippen molar-refractivity contribution in [1.82, 2.24) is 9.55 Å². The van der Waals surface area contributed by atoms with Crippen LogP contribution < -0.4 is 10.9 Å². The maximum atomic E-state index is 12.5. The number of ketones is 1. The molecule has 124 valence electrons. The fourth-order valence-electron chi connectivity index (χ4n) is 2.52. The molecule has 0 bridgehead atoms. The summed E-state index contributed by atoms with van der Waals surface area (Å²) in [5, 5.41) is 3.48. The summed E-state index contributed by atoms with van der Waals surface area (Å²) >= 11 is 1.40. The Bertz CT molecular complexity index is 876. The number of nitrogens with one attached hydrogen (secondary N) is 1. The van der Waals surface area contributed by atoms with Gasteiger partial charge in [-0.3, -0.25) is 19.0 Å². The van der Waals surface area contributed by atoms with Crippen LogP contribution in [-0.4, -0.2) is 27.0 Å². The number of aryl methyl sites for hydroxylation is 1. The number of carbonyl (C=O) groups excluding carboxylic acids is 2. The molecule has 2 aromatic rings. The van der Waals surface area contributed by atoms with Gasteiger partial charge in [0.25, 0.3) is 5.56 Å². The molecule has 24 heavy (non-hydrogen) atoms. The zero-order valence-electron chi connectivity index (χ0n) is 13.4. The maximum Gasteiger partial charge on any atom is 0.257 e. The van der Waals surface area contributed by atoms with Crippen molar-refractivity contribution in [3.05, 3.63) is 51.9 Å². The molecule has 1 aromatic heterocycles. The van der Waals surface area contributed by atoms with E-state index in [1.54, 1.807) is 42.0 Å². The number of rotatable bonds is 3. The Balaban J connectivity index is 1.77. The lowest BCUT2D eigenvalue weighted by molar-refractivity contribution is -0.119. The summed E-state index contributed by atoms with van der Waals surface area (Å²) in [6.07, 6.45) is 1.56. The van der Waals surface area contributed by atoms with Crippen LogP contribution in [0.3, 0.4) is 0 Å². The number of aromatic nitrogens is 2. The minimum Gasteiger partial charge on any atom is -0.326 e. The molecule has 1 unspecified atom stereocenters. The fourth-order valence-corrected chi connectivity index (χ4v) is 3.57. The SMILES string of the molecule is CC(=O)c1cccc(NC(=O)C2CSc3ncc(C)c(=O)n3C2)c1. The first-order valence-corrected chi connectivity index (χ1v) is 8.55. The highest BCUT2D eigenvalue weighted by atomic mass is 32.2. The summed E-state index contributed by atoms with van der Waals surface area (Å²) in [7, 11) is 0. The largest absolute Gasteiger partial charge is 0.326 e. The van der Waals surface area contributed by atoms with E-state index >= 15 is 0 Å². The molecule has 7 heteroatoms. The van der Waals surface area contributed by atoms with E-state index in [-0.39, 0.29) is 23.2 Å². The molecule has 2 heterocycles. The van der Waals surface area contributed by atoms with Gasteiger partial charge in [0.15, 0.2) is 10.9 Å². The van der Waals surface area contributed by atoms with Gasteiger partial charge < -0.3 is 5.32 Å². The molecule has 1 aliphatic heterocycles. The van der Waals surface area contributed by atoms with Crippen LogP contribution in [0.4, 0.5) is 5.69 Å². The van der Waals surface area contributed by atoms with Crippen LogP contribution >= 0.6 is 11.8 Å². The Morgan fingerprint density at radius 1 is 1.38 bits per heavy atom. The number of nitrogens with zero attached hydrogens (tertiary/aromatic N) is 2. The van der Waals surface area contributed by atoms with Gasteiger partial charge in [-0.1, -0.05) is 23.9 Å². The van der Waals surface area contributed by atoms with Crippen molar-refractivity contribution in [2.24, 2.45) is 5.92 Å². The molecule has 1 aromatic carbocycles. The van der Waals surface area contributed by atoms with Gasteiger partial charge in [-0.05, 0) is 26.0 Å². The van der Waals surface area contributed by atoms with E-state index in [9.17, 15) is 14.4 Å². The minimum absolute atomic E-state index is 0.0543. The van der Waals surface area contributed by atoms with Gasteiger partial charge in [0.1, 0.15) is 0 Å². The van der Waals surface area contributed by atoms with Crippen molar-refractivity contribution in [3.63, 3.8) is 0 Å². The summed E-state index contributed by atoms with van der Waals surface area (Å²) < 4.78 is 1.56. The Hall–Kier alpha value is -2.41. The van der Waals surface area contributed by atoms with Gasteiger partial charge in [-0.15, -0.1) is 0 Å². The van der Waals surface area contributed by atoms with E-state index < -0.39 is 0 Å². The Morgan fingerprint density at radius 2 is 2.17 bits per heavy atom. The van der Waals surface area contributed by atoms with Crippen molar-refractivity contribution in [1.29, 1.82) is 0 Å². The average molecular weight is 343 g/mol. The zero-order valence-corrected chi connectivity index (χ0v) is 14.2. The van der Waals surface area contributed by atoms with E-state index in [2.05, 4.69) is 10.3 Å². The topological polar surface area (TPSA) is 81.1 Å². The van der Waals surface area contributed by atoms with Crippen molar-refractivity contribution in [2.75, 3.05) is 11.1 Å². The number of anilines is 1. The Labute approximate surface area is 143 Å². The normalized spacial score (nSPS) is 16.3.